The van der Waals surface area contributed by atoms with Gasteiger partial charge in [0.25, 0.3) is 0 Å². The van der Waals surface area contributed by atoms with E-state index >= 15 is 0 Å². The highest BCUT2D eigenvalue weighted by molar-refractivity contribution is 7.89. The Hall–Kier alpha value is -0.0900. The summed E-state index contributed by atoms with van der Waals surface area (Å²) in [7, 11) is -3.45. The first kappa shape index (κ1) is 7.02. The van der Waals surface area contributed by atoms with Gasteiger partial charge in [0.15, 0.2) is 0 Å². The molecule has 0 unspecified atom stereocenters. The quantitative estimate of drug-likeness (QED) is 0.545. The molecule has 0 spiro atoms. The second kappa shape index (κ2) is 2.27. The highest BCUT2D eigenvalue weighted by Crippen LogP contribution is 2.22. The van der Waals surface area contributed by atoms with Crippen LogP contribution >= 0.6 is 0 Å². The molecule has 0 aliphatic heterocycles. The summed E-state index contributed by atoms with van der Waals surface area (Å²) in [6.45, 7) is 0. The third kappa shape index (κ3) is 1.66. The van der Waals surface area contributed by atoms with Crippen molar-refractivity contribution < 1.29 is 8.42 Å². The predicted octanol–water partition coefficient (Wildman–Crippen LogP) is 0.542. The van der Waals surface area contributed by atoms with Crippen LogP contribution in [-0.2, 0) is 10.0 Å². The summed E-state index contributed by atoms with van der Waals surface area (Å²) in [5.74, 6) is 0. The molecule has 0 heterocycles. The molecule has 0 atom stereocenters. The van der Waals surface area contributed by atoms with Gasteiger partial charge in [-0.25, -0.2) is 8.42 Å². The molecular weight excluding hydrogens is 138 g/mol. The van der Waals surface area contributed by atoms with Crippen LogP contribution in [0.2, 0.25) is 0 Å². The standard InChI is InChI=1S/C5H10NO2S/c6-9(7,8)5-3-1-2-4-5/h5-6H,1-4H2. The Labute approximate surface area is 55.3 Å². The fraction of sp³-hybridized carbons (Fsp3) is 1.00. The Bertz CT molecular complexity index is 179. The van der Waals surface area contributed by atoms with Crippen molar-refractivity contribution in [3.63, 3.8) is 0 Å². The van der Waals surface area contributed by atoms with Crippen LogP contribution in [0.1, 0.15) is 25.7 Å². The number of hydrogen-bond acceptors (Lipinski definition) is 2. The minimum absolute atomic E-state index is 0.350. The lowest BCUT2D eigenvalue weighted by Gasteiger charge is -2.01. The maximum atomic E-state index is 10.5. The molecule has 0 saturated heterocycles. The number of nitrogens with one attached hydrogen (secondary N) is 1. The van der Waals surface area contributed by atoms with Crippen LogP contribution in [0, 0.1) is 0 Å². The summed E-state index contributed by atoms with van der Waals surface area (Å²) in [5.41, 5.74) is 0. The lowest BCUT2D eigenvalue weighted by molar-refractivity contribution is 0.580. The van der Waals surface area contributed by atoms with E-state index in [9.17, 15) is 8.42 Å². The second-order valence-corrected chi connectivity index (χ2v) is 4.21. The van der Waals surface area contributed by atoms with E-state index < -0.39 is 10.0 Å². The summed E-state index contributed by atoms with van der Waals surface area (Å²) in [4.78, 5) is 0. The van der Waals surface area contributed by atoms with Gasteiger partial charge in [-0.2, -0.15) is 0 Å². The van der Waals surface area contributed by atoms with E-state index in [2.05, 4.69) is 0 Å². The van der Waals surface area contributed by atoms with Crippen molar-refractivity contribution in [2.24, 2.45) is 0 Å². The highest BCUT2D eigenvalue weighted by Gasteiger charge is 2.25. The Morgan fingerprint density at radius 2 is 1.67 bits per heavy atom. The predicted molar refractivity (Wildman–Crippen MR) is 34.3 cm³/mol. The average molecular weight is 148 g/mol. The van der Waals surface area contributed by atoms with Crippen molar-refractivity contribution in [1.29, 1.82) is 0 Å². The van der Waals surface area contributed by atoms with Crippen LogP contribution in [0.5, 0.6) is 0 Å². The van der Waals surface area contributed by atoms with Gasteiger partial charge in [-0.15, -0.1) is 5.14 Å². The lowest BCUT2D eigenvalue weighted by Crippen LogP contribution is -2.17. The molecule has 4 heteroatoms. The summed E-state index contributed by atoms with van der Waals surface area (Å²) in [5, 5.41) is 6.35. The third-order valence-electron chi connectivity index (χ3n) is 1.74. The first-order chi connectivity index (χ1) is 4.11. The molecule has 1 rings (SSSR count). The molecular formula is C5H10NO2S. The lowest BCUT2D eigenvalue weighted by atomic mass is 10.4. The fourth-order valence-corrected chi connectivity index (χ4v) is 2.15. The van der Waals surface area contributed by atoms with Gasteiger partial charge in [-0.05, 0) is 12.8 Å². The molecule has 53 valence electrons. The van der Waals surface area contributed by atoms with E-state index in [0.29, 0.717) is 12.8 Å². The Morgan fingerprint density at radius 3 is 1.89 bits per heavy atom. The molecule has 0 bridgehead atoms. The van der Waals surface area contributed by atoms with Crippen molar-refractivity contribution in [1.82, 2.24) is 5.14 Å². The molecule has 0 aromatic carbocycles. The molecule has 0 aromatic rings. The normalized spacial score (nSPS) is 22.8. The van der Waals surface area contributed by atoms with E-state index in [1.54, 1.807) is 0 Å². The minimum atomic E-state index is -3.45. The van der Waals surface area contributed by atoms with E-state index in [1.165, 1.54) is 0 Å². The van der Waals surface area contributed by atoms with E-state index in [1.807, 2.05) is 0 Å². The molecule has 1 radical (unpaired) electrons. The van der Waals surface area contributed by atoms with Gasteiger partial charge in [0.1, 0.15) is 0 Å². The molecule has 1 aliphatic rings. The molecule has 0 amide bonds. The van der Waals surface area contributed by atoms with Crippen LogP contribution in [0.3, 0.4) is 0 Å². The topological polar surface area (TPSA) is 57.9 Å². The van der Waals surface area contributed by atoms with Gasteiger partial charge < -0.3 is 0 Å². The van der Waals surface area contributed by atoms with Crippen LogP contribution in [-0.4, -0.2) is 13.7 Å². The van der Waals surface area contributed by atoms with E-state index in [4.69, 9.17) is 5.14 Å². The summed E-state index contributed by atoms with van der Waals surface area (Å²) >= 11 is 0. The summed E-state index contributed by atoms with van der Waals surface area (Å²) in [6, 6.07) is 0. The van der Waals surface area contributed by atoms with Gasteiger partial charge in [0.2, 0.25) is 10.0 Å². The Kier molecular flexibility index (Phi) is 1.77. The van der Waals surface area contributed by atoms with Gasteiger partial charge >= 0.3 is 0 Å². The molecule has 9 heavy (non-hydrogen) atoms. The average Bonchev–Trinajstić information content (AvgIpc) is 2.08. The van der Waals surface area contributed by atoms with Crippen molar-refractivity contribution in [2.45, 2.75) is 30.9 Å². The zero-order valence-corrected chi connectivity index (χ0v) is 5.95. The Balaban J connectivity index is 2.63. The van der Waals surface area contributed by atoms with Crippen LogP contribution in [0.15, 0.2) is 0 Å². The maximum Gasteiger partial charge on any atom is 0.228 e. The smallest absolute Gasteiger partial charge is 0.211 e. The molecule has 1 fully saturated rings. The monoisotopic (exact) mass is 148 g/mol. The van der Waals surface area contributed by atoms with Crippen LogP contribution in [0.4, 0.5) is 0 Å². The number of sulfonamides is 1. The first-order valence-electron chi connectivity index (χ1n) is 3.09. The molecule has 1 aliphatic carbocycles. The van der Waals surface area contributed by atoms with Crippen molar-refractivity contribution in [3.05, 3.63) is 0 Å². The minimum Gasteiger partial charge on any atom is -0.211 e. The summed E-state index contributed by atoms with van der Waals surface area (Å²) < 4.78 is 21.0. The van der Waals surface area contributed by atoms with Crippen LogP contribution < -0.4 is 5.14 Å². The van der Waals surface area contributed by atoms with Crippen molar-refractivity contribution in [2.75, 3.05) is 0 Å². The molecule has 3 nitrogen and oxygen atoms in total. The molecule has 1 N–H and O–H groups in total. The number of rotatable bonds is 1. The SMILES string of the molecule is [NH]S(=O)(=O)C1CCCC1. The summed E-state index contributed by atoms with van der Waals surface area (Å²) in [6.07, 6.45) is 3.35. The van der Waals surface area contributed by atoms with Crippen molar-refractivity contribution >= 4 is 10.0 Å². The largest absolute Gasteiger partial charge is 0.228 e. The van der Waals surface area contributed by atoms with Gasteiger partial charge in [0.05, 0.1) is 5.25 Å². The second-order valence-electron chi connectivity index (χ2n) is 2.45. The Morgan fingerprint density at radius 1 is 1.22 bits per heavy atom. The number of hydrogen-bond donors (Lipinski definition) is 0. The zero-order chi connectivity index (χ0) is 6.91. The first-order valence-corrected chi connectivity index (χ1v) is 4.64. The van der Waals surface area contributed by atoms with E-state index in [0.717, 1.165) is 12.8 Å². The molecule has 0 aromatic heterocycles. The molecule has 1 saturated carbocycles. The van der Waals surface area contributed by atoms with E-state index in [-0.39, 0.29) is 5.25 Å². The third-order valence-corrected chi connectivity index (χ3v) is 3.09. The van der Waals surface area contributed by atoms with Crippen LogP contribution in [0.25, 0.3) is 0 Å². The highest BCUT2D eigenvalue weighted by atomic mass is 32.2. The van der Waals surface area contributed by atoms with Gasteiger partial charge in [-0.3, -0.25) is 0 Å². The fourth-order valence-electron chi connectivity index (χ4n) is 1.20. The van der Waals surface area contributed by atoms with Crippen molar-refractivity contribution in [3.8, 4) is 0 Å². The van der Waals surface area contributed by atoms with Gasteiger partial charge in [0, 0.05) is 0 Å². The van der Waals surface area contributed by atoms with Gasteiger partial charge in [-0.1, -0.05) is 12.8 Å². The maximum absolute atomic E-state index is 10.5. The zero-order valence-electron chi connectivity index (χ0n) is 5.13.